The molecule has 2 aromatic heterocycles. The zero-order chi connectivity index (χ0) is 25.9. The number of carbonyl (C=O) groups is 3. The summed E-state index contributed by atoms with van der Waals surface area (Å²) >= 11 is 6.32. The van der Waals surface area contributed by atoms with E-state index in [0.29, 0.717) is 21.8 Å². The Hall–Kier alpha value is -3.57. The summed E-state index contributed by atoms with van der Waals surface area (Å²) in [5.41, 5.74) is 6.54. The molecule has 1 aliphatic rings. The maximum Gasteiger partial charge on any atom is 0.252 e. The highest BCUT2D eigenvalue weighted by Crippen LogP contribution is 2.35. The van der Waals surface area contributed by atoms with Crippen LogP contribution < -0.4 is 16.0 Å². The number of benzene rings is 1. The average Bonchev–Trinajstić information content (AvgIpc) is 3.14. The van der Waals surface area contributed by atoms with Crippen molar-refractivity contribution in [1.82, 2.24) is 24.8 Å². The Balaban J connectivity index is 0.00000108. The minimum atomic E-state index is -1.12. The van der Waals surface area contributed by atoms with Crippen LogP contribution in [0.25, 0.3) is 16.8 Å². The molecule has 0 saturated carbocycles. The third-order valence-electron chi connectivity index (χ3n) is 5.69. The second kappa shape index (κ2) is 10.4. The van der Waals surface area contributed by atoms with Crippen LogP contribution in [0, 0.1) is 5.82 Å². The maximum atomic E-state index is 14.9. The topological polar surface area (TPSA) is 126 Å². The number of rotatable bonds is 4. The van der Waals surface area contributed by atoms with Crippen LogP contribution in [0.1, 0.15) is 20.8 Å². The van der Waals surface area contributed by atoms with Crippen molar-refractivity contribution in [2.75, 3.05) is 37.3 Å². The first-order valence-corrected chi connectivity index (χ1v) is 11.2. The van der Waals surface area contributed by atoms with Gasteiger partial charge in [0.25, 0.3) is 5.91 Å². The molecule has 0 bridgehead atoms. The minimum Gasteiger partial charge on any atom is -0.382 e. The van der Waals surface area contributed by atoms with Crippen LogP contribution >= 0.6 is 11.6 Å². The molecule has 3 aromatic rings. The van der Waals surface area contributed by atoms with E-state index >= 15 is 0 Å². The fourth-order valence-electron chi connectivity index (χ4n) is 4.05. The number of likely N-dealkylation sites (N-methyl/N-ethyl adjacent to an activating group) is 1. The van der Waals surface area contributed by atoms with Crippen molar-refractivity contribution >= 4 is 46.7 Å². The average molecular weight is 504 g/mol. The van der Waals surface area contributed by atoms with Crippen LogP contribution in [-0.4, -0.2) is 69.8 Å². The van der Waals surface area contributed by atoms with Gasteiger partial charge >= 0.3 is 0 Å². The number of nitrogens with zero attached hydrogens (tertiary/aromatic N) is 5. The van der Waals surface area contributed by atoms with Crippen LogP contribution in [0.2, 0.25) is 5.02 Å². The molecule has 1 aromatic carbocycles. The number of halogens is 2. The first kappa shape index (κ1) is 26.0. The Morgan fingerprint density at radius 3 is 2.66 bits per heavy atom. The lowest BCUT2D eigenvalue weighted by molar-refractivity contribution is -0.146. The van der Waals surface area contributed by atoms with Crippen molar-refractivity contribution in [3.05, 3.63) is 41.4 Å². The van der Waals surface area contributed by atoms with Crippen molar-refractivity contribution < 1.29 is 18.8 Å². The molecule has 0 aliphatic carbocycles. The number of nitrogens with one attached hydrogen (secondary N) is 1. The van der Waals surface area contributed by atoms with Gasteiger partial charge in [-0.2, -0.15) is 5.10 Å². The fourth-order valence-corrected chi connectivity index (χ4v) is 4.33. The smallest absolute Gasteiger partial charge is 0.252 e. The molecule has 4 rings (SSSR count). The van der Waals surface area contributed by atoms with E-state index in [1.165, 1.54) is 33.6 Å². The van der Waals surface area contributed by atoms with E-state index in [-0.39, 0.29) is 43.0 Å². The maximum absolute atomic E-state index is 14.9. The first-order chi connectivity index (χ1) is 16.6. The highest BCUT2D eigenvalue weighted by molar-refractivity contribution is 6.35. The van der Waals surface area contributed by atoms with Gasteiger partial charge < -0.3 is 25.6 Å². The number of aldehydes is 1. The van der Waals surface area contributed by atoms with E-state index in [9.17, 15) is 14.0 Å². The van der Waals surface area contributed by atoms with Crippen LogP contribution in [0.5, 0.6) is 0 Å². The Morgan fingerprint density at radius 1 is 1.31 bits per heavy atom. The number of carbonyl (C=O) groups excluding carboxylic acids is 3. The van der Waals surface area contributed by atoms with Crippen molar-refractivity contribution in [3.8, 4) is 11.3 Å². The zero-order valence-corrected chi connectivity index (χ0v) is 20.6. The molecular formula is C23H27ClFN7O3. The van der Waals surface area contributed by atoms with Gasteiger partial charge in [-0.25, -0.2) is 13.9 Å². The lowest BCUT2D eigenvalue weighted by atomic mass is 9.96. The molecule has 0 unspecified atom stereocenters. The molecule has 1 fully saturated rings. The number of nitrogens with two attached hydrogens (primary N) is 1. The summed E-state index contributed by atoms with van der Waals surface area (Å²) in [6, 6.07) is 6.11. The van der Waals surface area contributed by atoms with Gasteiger partial charge in [-0.3, -0.25) is 9.59 Å². The van der Waals surface area contributed by atoms with E-state index in [1.54, 1.807) is 39.1 Å². The van der Waals surface area contributed by atoms with Crippen LogP contribution in [-0.2, 0) is 14.4 Å². The Morgan fingerprint density at radius 2 is 2.00 bits per heavy atom. The van der Waals surface area contributed by atoms with Crippen LogP contribution in [0.15, 0.2) is 30.6 Å². The van der Waals surface area contributed by atoms with Crippen molar-refractivity contribution in [2.24, 2.45) is 0 Å². The van der Waals surface area contributed by atoms with E-state index < -0.39 is 11.4 Å². The van der Waals surface area contributed by atoms with Gasteiger partial charge in [-0.1, -0.05) is 11.6 Å². The summed E-state index contributed by atoms with van der Waals surface area (Å²) in [4.78, 5) is 41.4. The molecule has 35 heavy (non-hydrogen) atoms. The largest absolute Gasteiger partial charge is 0.382 e. The molecule has 0 radical (unpaired) electrons. The molecule has 3 heterocycles. The SMILES string of the molecule is CC=O.CNCC(=O)N1CCN(c2cc(-c3cc(Cl)c4c(N)ncnn34)ccc2F)C(=O)C1(C)C. The molecule has 0 atom stereocenters. The fraction of sp³-hybridized carbons (Fsp3) is 0.348. The lowest BCUT2D eigenvalue weighted by Crippen LogP contribution is -2.65. The molecule has 10 nitrogen and oxygen atoms in total. The third-order valence-corrected chi connectivity index (χ3v) is 5.98. The van der Waals surface area contributed by atoms with E-state index in [4.69, 9.17) is 22.1 Å². The Labute approximate surface area is 206 Å². The van der Waals surface area contributed by atoms with Gasteiger partial charge in [0.05, 0.1) is 22.9 Å². The standard InChI is InChI=1S/C21H23ClFN7O2.C2H4O/c1-21(2)20(32)28(6-7-29(21)17(31)10-25-3)16-8-12(4-5-14(16)23)15-9-13(22)18-19(24)26-11-27-30(15)18;1-2-3/h4-5,8-9,11,25H,6-7,10H2,1-3H3,(H2,24,26,27);2H,1H3. The predicted molar refractivity (Wildman–Crippen MR) is 132 cm³/mol. The van der Waals surface area contributed by atoms with Gasteiger partial charge in [0, 0.05) is 18.7 Å². The highest BCUT2D eigenvalue weighted by atomic mass is 35.5. The quantitative estimate of drug-likeness (QED) is 0.522. The summed E-state index contributed by atoms with van der Waals surface area (Å²) in [5, 5.41) is 7.37. The monoisotopic (exact) mass is 503 g/mol. The number of hydrogen-bond donors (Lipinski definition) is 2. The van der Waals surface area contributed by atoms with Gasteiger partial charge in [0.2, 0.25) is 5.91 Å². The number of anilines is 2. The molecule has 0 spiro atoms. The molecule has 186 valence electrons. The predicted octanol–water partition coefficient (Wildman–Crippen LogP) is 2.15. The number of piperazine rings is 1. The zero-order valence-electron chi connectivity index (χ0n) is 19.9. The number of nitrogen functional groups attached to an aromatic ring is 1. The second-order valence-electron chi connectivity index (χ2n) is 8.28. The van der Waals surface area contributed by atoms with Crippen LogP contribution in [0.4, 0.5) is 15.9 Å². The summed E-state index contributed by atoms with van der Waals surface area (Å²) < 4.78 is 16.4. The normalized spacial score (nSPS) is 15.1. The molecular weight excluding hydrogens is 477 g/mol. The third kappa shape index (κ3) is 4.82. The number of hydrogen-bond acceptors (Lipinski definition) is 7. The highest BCUT2D eigenvalue weighted by Gasteiger charge is 2.45. The molecule has 1 saturated heterocycles. The number of fused-ring (bicyclic) bond motifs is 1. The number of amides is 2. The van der Waals surface area contributed by atoms with Gasteiger partial charge in [0.1, 0.15) is 29.5 Å². The van der Waals surface area contributed by atoms with Gasteiger partial charge in [0.15, 0.2) is 5.82 Å². The molecule has 3 N–H and O–H groups in total. The molecule has 2 amide bonds. The van der Waals surface area contributed by atoms with Crippen molar-refractivity contribution in [2.45, 2.75) is 26.3 Å². The Kier molecular flexibility index (Phi) is 7.71. The minimum absolute atomic E-state index is 0.119. The van der Waals surface area contributed by atoms with E-state index in [2.05, 4.69) is 15.4 Å². The van der Waals surface area contributed by atoms with Crippen LogP contribution in [0.3, 0.4) is 0 Å². The second-order valence-corrected chi connectivity index (χ2v) is 8.68. The van der Waals surface area contributed by atoms with Gasteiger partial charge in [-0.05, 0) is 52.1 Å². The summed E-state index contributed by atoms with van der Waals surface area (Å²) in [6.07, 6.45) is 2.06. The summed E-state index contributed by atoms with van der Waals surface area (Å²) in [7, 11) is 1.67. The number of aromatic nitrogens is 3. The first-order valence-electron chi connectivity index (χ1n) is 10.8. The summed E-state index contributed by atoms with van der Waals surface area (Å²) in [6.45, 7) is 5.34. The summed E-state index contributed by atoms with van der Waals surface area (Å²) in [5.74, 6) is -0.882. The molecule has 12 heteroatoms. The van der Waals surface area contributed by atoms with E-state index in [0.717, 1.165) is 6.29 Å². The Bertz CT molecular complexity index is 1280. The van der Waals surface area contributed by atoms with E-state index in [1.807, 2.05) is 0 Å². The van der Waals surface area contributed by atoms with Crippen molar-refractivity contribution in [3.63, 3.8) is 0 Å². The molecule has 1 aliphatic heterocycles. The lowest BCUT2D eigenvalue weighted by Gasteiger charge is -2.46. The van der Waals surface area contributed by atoms with Gasteiger partial charge in [-0.15, -0.1) is 0 Å². The van der Waals surface area contributed by atoms with Crippen molar-refractivity contribution in [1.29, 1.82) is 0 Å².